The number of ether oxygens (including phenoxy) is 2. The average Bonchev–Trinajstić information content (AvgIpc) is 3.66. The van der Waals surface area contributed by atoms with E-state index in [-0.39, 0.29) is 56.0 Å². The molecular weight excluding hydrogens is 666 g/mol. The number of aliphatic hydroxyl groups excluding tert-OH is 1. The summed E-state index contributed by atoms with van der Waals surface area (Å²) in [6, 6.07) is 10.4. The molecule has 2 atom stereocenters. The van der Waals surface area contributed by atoms with Crippen molar-refractivity contribution in [2.45, 2.75) is 44.0 Å². The number of carbonyl (C=O) groups is 4. The number of carbonyl (C=O) groups excluding carboxylic acids is 4. The minimum Gasteiger partial charge on any atom is -0.388 e. The van der Waals surface area contributed by atoms with Crippen molar-refractivity contribution < 1.29 is 33.8 Å². The number of Topliss-reactive ketones (excluding diaryl/α,β-unsaturated/α-hetero) is 1. The van der Waals surface area contributed by atoms with Gasteiger partial charge in [-0.15, -0.1) is 0 Å². The number of aliphatic hydroxyl groups is 1. The van der Waals surface area contributed by atoms with Crippen LogP contribution in [0.1, 0.15) is 51.4 Å². The van der Waals surface area contributed by atoms with Crippen molar-refractivity contribution in [3.05, 3.63) is 95.1 Å². The van der Waals surface area contributed by atoms with Gasteiger partial charge in [-0.2, -0.15) is 0 Å². The zero-order chi connectivity index (χ0) is 37.3. The molecule has 0 saturated carbocycles. The summed E-state index contributed by atoms with van der Waals surface area (Å²) in [4.78, 5) is 51.6. The van der Waals surface area contributed by atoms with E-state index in [1.165, 1.54) is 12.2 Å². The highest BCUT2D eigenvalue weighted by atomic mass is 16.7. The first-order valence-electron chi connectivity index (χ1n) is 16.4. The number of hydrogen-bond acceptors (Lipinski definition) is 8. The lowest BCUT2D eigenvalue weighted by atomic mass is 9.81. The molecule has 2 aliphatic rings. The molecule has 0 radical (unpaired) electrons. The number of allylic oxidation sites excluding steroid dienone is 3. The first kappa shape index (κ1) is 37.1. The first-order chi connectivity index (χ1) is 24.9. The average molecular weight is 706 g/mol. The monoisotopic (exact) mass is 705 g/mol. The van der Waals surface area contributed by atoms with E-state index in [0.717, 1.165) is 11.1 Å². The molecule has 0 aliphatic heterocycles. The van der Waals surface area contributed by atoms with Crippen molar-refractivity contribution in [2.24, 2.45) is 19.8 Å². The van der Waals surface area contributed by atoms with Crippen LogP contribution in [-0.2, 0) is 46.2 Å². The molecule has 14 nitrogen and oxygen atoms in total. The number of fused-ring (bicyclic) bond motifs is 2. The summed E-state index contributed by atoms with van der Waals surface area (Å²) in [6.07, 6.45) is 7.85. The zero-order valence-electron chi connectivity index (χ0n) is 28.7. The lowest BCUT2D eigenvalue weighted by Crippen LogP contribution is -2.45. The summed E-state index contributed by atoms with van der Waals surface area (Å²) in [5, 5.41) is 25.9. The van der Waals surface area contributed by atoms with Crippen LogP contribution in [0.25, 0.3) is 0 Å². The van der Waals surface area contributed by atoms with Gasteiger partial charge in [0.2, 0.25) is 11.7 Å². The van der Waals surface area contributed by atoms with Gasteiger partial charge in [0, 0.05) is 45.0 Å². The number of amidine groups is 1. The molecule has 14 heteroatoms. The van der Waals surface area contributed by atoms with E-state index in [0.29, 0.717) is 35.6 Å². The lowest BCUT2D eigenvalue weighted by Gasteiger charge is -2.31. The number of benzene rings is 1. The molecule has 268 valence electrons. The SMILES string of the molecule is Cn1cc(NC(=O)c2cc(NC(=O)Cc3ccc(COCO[C@@]45C#C/C=C\C#C[C@H](O)C(=CCC4)C5=O)cc3)cn2C)cc1C(=O)NCCC(=N)N. The van der Waals surface area contributed by atoms with Crippen molar-refractivity contribution in [1.82, 2.24) is 14.5 Å². The Bertz CT molecular complexity index is 2070. The highest BCUT2D eigenvalue weighted by Gasteiger charge is 2.43. The van der Waals surface area contributed by atoms with Crippen LogP contribution < -0.4 is 21.7 Å². The third-order valence-corrected chi connectivity index (χ3v) is 8.27. The molecule has 1 aromatic carbocycles. The quantitative estimate of drug-likeness (QED) is 0.0482. The van der Waals surface area contributed by atoms with Crippen LogP contribution in [0.2, 0.25) is 0 Å². The minimum atomic E-state index is -1.43. The van der Waals surface area contributed by atoms with Gasteiger partial charge in [0.15, 0.2) is 5.60 Å². The van der Waals surface area contributed by atoms with Crippen LogP contribution in [0.15, 0.2) is 72.6 Å². The van der Waals surface area contributed by atoms with Crippen LogP contribution in [0.3, 0.4) is 0 Å². The van der Waals surface area contributed by atoms with E-state index in [4.69, 9.17) is 20.6 Å². The Balaban J connectivity index is 1.09. The second kappa shape index (κ2) is 16.7. The molecule has 0 unspecified atom stereocenters. The van der Waals surface area contributed by atoms with Crippen molar-refractivity contribution in [3.63, 3.8) is 0 Å². The first-order valence-corrected chi connectivity index (χ1v) is 16.4. The third-order valence-electron chi connectivity index (χ3n) is 8.27. The summed E-state index contributed by atoms with van der Waals surface area (Å²) in [5.41, 5.74) is 7.13. The Morgan fingerprint density at radius 2 is 1.65 bits per heavy atom. The number of nitrogens with zero attached hydrogens (tertiary/aromatic N) is 2. The van der Waals surface area contributed by atoms with Crippen LogP contribution in [0.5, 0.6) is 0 Å². The van der Waals surface area contributed by atoms with Gasteiger partial charge in [-0.1, -0.05) is 54.0 Å². The second-order valence-electron chi connectivity index (χ2n) is 12.2. The highest BCUT2D eigenvalue weighted by molar-refractivity contribution is 6.07. The zero-order valence-corrected chi connectivity index (χ0v) is 28.7. The van der Waals surface area contributed by atoms with Crippen LogP contribution in [-0.4, -0.2) is 68.6 Å². The largest absolute Gasteiger partial charge is 0.388 e. The van der Waals surface area contributed by atoms with Crippen molar-refractivity contribution in [3.8, 4) is 23.7 Å². The predicted molar refractivity (Wildman–Crippen MR) is 193 cm³/mol. The minimum absolute atomic E-state index is 0.0281. The van der Waals surface area contributed by atoms with E-state index in [2.05, 4.69) is 39.6 Å². The van der Waals surface area contributed by atoms with Gasteiger partial charge in [-0.3, -0.25) is 24.6 Å². The number of aryl methyl sites for hydroxylation is 2. The highest BCUT2D eigenvalue weighted by Crippen LogP contribution is 2.30. The van der Waals surface area contributed by atoms with Gasteiger partial charge >= 0.3 is 0 Å². The predicted octanol–water partition coefficient (Wildman–Crippen LogP) is 2.31. The molecule has 0 fully saturated rings. The van der Waals surface area contributed by atoms with Crippen LogP contribution >= 0.6 is 0 Å². The Morgan fingerprint density at radius 3 is 2.37 bits per heavy atom. The van der Waals surface area contributed by atoms with Crippen LogP contribution in [0.4, 0.5) is 11.4 Å². The summed E-state index contributed by atoms with van der Waals surface area (Å²) in [6.45, 7) is 0.210. The van der Waals surface area contributed by atoms with Crippen molar-refractivity contribution in [2.75, 3.05) is 24.0 Å². The maximum Gasteiger partial charge on any atom is 0.272 e. The molecule has 2 bridgehead atoms. The molecule has 0 saturated heterocycles. The van der Waals surface area contributed by atoms with E-state index in [1.807, 2.05) is 24.3 Å². The normalized spacial score (nSPS) is 18.1. The number of ketones is 1. The Hall–Kier alpha value is -6.19. The number of amides is 3. The maximum absolute atomic E-state index is 13.2. The van der Waals surface area contributed by atoms with Gasteiger partial charge in [0.25, 0.3) is 11.8 Å². The lowest BCUT2D eigenvalue weighted by molar-refractivity contribution is -0.156. The number of rotatable bonds is 14. The number of hydrogen-bond donors (Lipinski definition) is 6. The molecule has 5 rings (SSSR count). The molecule has 52 heavy (non-hydrogen) atoms. The Labute approximate surface area is 300 Å². The molecule has 2 heterocycles. The fourth-order valence-electron chi connectivity index (χ4n) is 5.60. The standard InChI is InChI=1S/C38H39N7O7/c1-44-22-28(20-30(44)36(49)41-17-14-33(39)40)43-37(50)31-19-27(21-45(31)2)42-34(47)18-25-10-12-26(13-11-25)23-51-24-52-38-15-6-4-3-5-9-32(46)29(35(38)48)8-7-16-38/h3-4,8,10-13,19-22,32,46H,7,14,16-18,23-24H2,1-2H3,(H3,39,40)(H,41,49)(H,42,47)(H,43,50)/b4-3-/t32-,38-/m0/s1. The van der Waals surface area contributed by atoms with Gasteiger partial charge in [-0.05, 0) is 48.3 Å². The molecule has 7 N–H and O–H groups in total. The number of anilines is 2. The number of aromatic nitrogens is 2. The summed E-state index contributed by atoms with van der Waals surface area (Å²) in [5.74, 6) is 9.47. The van der Waals surface area contributed by atoms with Crippen molar-refractivity contribution in [1.29, 1.82) is 5.41 Å². The maximum atomic E-state index is 13.2. The third kappa shape index (κ3) is 9.32. The smallest absolute Gasteiger partial charge is 0.272 e. The van der Waals surface area contributed by atoms with Gasteiger partial charge in [0.05, 0.1) is 30.2 Å². The molecule has 2 aliphatic carbocycles. The van der Waals surface area contributed by atoms with E-state index in [9.17, 15) is 24.3 Å². The van der Waals surface area contributed by atoms with Crippen molar-refractivity contribution >= 4 is 40.7 Å². The number of nitrogens with one attached hydrogen (secondary N) is 4. The molecule has 2 aromatic heterocycles. The number of nitrogens with two attached hydrogens (primary N) is 1. The van der Waals surface area contributed by atoms with Crippen LogP contribution in [0, 0.1) is 29.1 Å². The molecule has 0 spiro atoms. The summed E-state index contributed by atoms with van der Waals surface area (Å²) >= 11 is 0. The molecule has 3 aromatic rings. The van der Waals surface area contributed by atoms with E-state index < -0.39 is 23.4 Å². The topological polar surface area (TPSA) is 203 Å². The van der Waals surface area contributed by atoms with E-state index >= 15 is 0 Å². The molecular formula is C38H39N7O7. The van der Waals surface area contributed by atoms with Gasteiger partial charge < -0.3 is 45.4 Å². The summed E-state index contributed by atoms with van der Waals surface area (Å²) in [7, 11) is 3.36. The second-order valence-corrected chi connectivity index (χ2v) is 12.2. The Morgan fingerprint density at radius 1 is 1.00 bits per heavy atom. The summed E-state index contributed by atoms with van der Waals surface area (Å²) < 4.78 is 14.8. The fourth-order valence-corrected chi connectivity index (χ4v) is 5.60. The van der Waals surface area contributed by atoms with E-state index in [1.54, 1.807) is 53.8 Å². The van der Waals surface area contributed by atoms with Gasteiger partial charge in [0.1, 0.15) is 24.3 Å². The molecule has 3 amide bonds. The van der Waals surface area contributed by atoms with Gasteiger partial charge in [-0.25, -0.2) is 0 Å². The Kier molecular flexibility index (Phi) is 11.9. The fraction of sp³-hybridized carbons (Fsp3) is 0.289.